The SMILES string of the molecule is C/C=C\C(=C/C)S(=O)(=O)NC(=O)Nc1c2c(cc3c1CCC3)CCC2. The number of hydrogen-bond acceptors (Lipinski definition) is 3. The Labute approximate surface area is 149 Å². The van der Waals surface area contributed by atoms with Crippen molar-refractivity contribution in [2.45, 2.75) is 52.4 Å². The third-order valence-electron chi connectivity index (χ3n) is 4.86. The van der Waals surface area contributed by atoms with Crippen molar-refractivity contribution >= 4 is 21.7 Å². The first-order valence-electron chi connectivity index (χ1n) is 8.75. The fraction of sp³-hybridized carbons (Fsp3) is 0.421. The van der Waals surface area contributed by atoms with Gasteiger partial charge in [0.05, 0.1) is 4.91 Å². The second kappa shape index (κ2) is 7.04. The lowest BCUT2D eigenvalue weighted by molar-refractivity contribution is 0.256. The molecule has 2 amide bonds. The number of urea groups is 1. The van der Waals surface area contributed by atoms with Crippen LogP contribution in [0.2, 0.25) is 0 Å². The summed E-state index contributed by atoms with van der Waals surface area (Å²) in [5.74, 6) is 0. The van der Waals surface area contributed by atoms with E-state index in [1.54, 1.807) is 19.9 Å². The molecule has 0 unspecified atom stereocenters. The molecule has 1 aromatic carbocycles. The first-order chi connectivity index (χ1) is 12.0. The van der Waals surface area contributed by atoms with Gasteiger partial charge in [-0.25, -0.2) is 17.9 Å². The molecule has 2 aliphatic carbocycles. The Kier molecular flexibility index (Phi) is 4.99. The predicted octanol–water partition coefficient (Wildman–Crippen LogP) is 3.60. The summed E-state index contributed by atoms with van der Waals surface area (Å²) in [6.45, 7) is 3.36. The maximum atomic E-state index is 12.4. The molecule has 0 atom stereocenters. The van der Waals surface area contributed by atoms with Gasteiger partial charge >= 0.3 is 6.03 Å². The predicted molar refractivity (Wildman–Crippen MR) is 100 cm³/mol. The van der Waals surface area contributed by atoms with E-state index in [4.69, 9.17) is 0 Å². The van der Waals surface area contributed by atoms with Crippen LogP contribution in [-0.4, -0.2) is 14.4 Å². The van der Waals surface area contributed by atoms with Gasteiger partial charge < -0.3 is 5.32 Å². The number of carbonyl (C=O) groups excluding carboxylic acids is 1. The Morgan fingerprint density at radius 1 is 1.04 bits per heavy atom. The number of amides is 2. The summed E-state index contributed by atoms with van der Waals surface area (Å²) in [5, 5.41) is 2.84. The van der Waals surface area contributed by atoms with Gasteiger partial charge in [-0.3, -0.25) is 0 Å². The van der Waals surface area contributed by atoms with Gasteiger partial charge in [-0.2, -0.15) is 0 Å². The van der Waals surface area contributed by atoms with E-state index in [-0.39, 0.29) is 4.91 Å². The molecule has 0 spiro atoms. The zero-order chi connectivity index (χ0) is 18.0. The minimum absolute atomic E-state index is 0.0775. The lowest BCUT2D eigenvalue weighted by Crippen LogP contribution is -2.35. The highest BCUT2D eigenvalue weighted by Gasteiger charge is 2.26. The van der Waals surface area contributed by atoms with Crippen LogP contribution in [0, 0.1) is 0 Å². The van der Waals surface area contributed by atoms with E-state index in [0.717, 1.165) is 44.2 Å². The normalized spacial score (nSPS) is 16.8. The molecular formula is C19H24N2O3S. The maximum absolute atomic E-state index is 12.4. The Balaban J connectivity index is 1.85. The quantitative estimate of drug-likeness (QED) is 0.806. The van der Waals surface area contributed by atoms with E-state index in [0.29, 0.717) is 0 Å². The molecule has 1 aromatic rings. The van der Waals surface area contributed by atoms with Gasteiger partial charge in [-0.1, -0.05) is 18.2 Å². The summed E-state index contributed by atoms with van der Waals surface area (Å²) in [6, 6.07) is 1.58. The molecule has 0 radical (unpaired) electrons. The highest BCUT2D eigenvalue weighted by atomic mass is 32.2. The van der Waals surface area contributed by atoms with Crippen molar-refractivity contribution in [3.8, 4) is 0 Å². The van der Waals surface area contributed by atoms with Crippen LogP contribution in [0.1, 0.15) is 48.9 Å². The molecule has 0 bridgehead atoms. The third-order valence-corrected chi connectivity index (χ3v) is 6.31. The highest BCUT2D eigenvalue weighted by Crippen LogP contribution is 2.38. The smallest absolute Gasteiger partial charge is 0.307 e. The molecule has 5 nitrogen and oxygen atoms in total. The van der Waals surface area contributed by atoms with E-state index in [1.807, 2.05) is 0 Å². The molecule has 2 N–H and O–H groups in total. The van der Waals surface area contributed by atoms with Gasteiger partial charge in [-0.15, -0.1) is 0 Å². The van der Waals surface area contributed by atoms with Crippen molar-refractivity contribution in [3.05, 3.63) is 51.5 Å². The van der Waals surface area contributed by atoms with Gasteiger partial charge in [0.25, 0.3) is 10.0 Å². The molecule has 0 aromatic heterocycles. The van der Waals surface area contributed by atoms with E-state index >= 15 is 0 Å². The van der Waals surface area contributed by atoms with Crippen LogP contribution in [0.5, 0.6) is 0 Å². The lowest BCUT2D eigenvalue weighted by atomic mass is 9.99. The van der Waals surface area contributed by atoms with Crippen LogP contribution in [-0.2, 0) is 35.7 Å². The summed E-state index contributed by atoms with van der Waals surface area (Å²) >= 11 is 0. The topological polar surface area (TPSA) is 75.3 Å². The summed E-state index contributed by atoms with van der Waals surface area (Å²) in [4.78, 5) is 12.5. The number of fused-ring (bicyclic) bond motifs is 2. The van der Waals surface area contributed by atoms with Crippen molar-refractivity contribution in [1.82, 2.24) is 4.72 Å². The van der Waals surface area contributed by atoms with Crippen LogP contribution in [0.3, 0.4) is 0 Å². The fourth-order valence-electron chi connectivity index (χ4n) is 3.79. The first kappa shape index (κ1) is 17.7. The number of carbonyl (C=O) groups is 1. The number of nitrogens with one attached hydrogen (secondary N) is 2. The number of aryl methyl sites for hydroxylation is 2. The van der Waals surface area contributed by atoms with Crippen LogP contribution in [0.4, 0.5) is 10.5 Å². The average molecular weight is 360 g/mol. The van der Waals surface area contributed by atoms with Crippen molar-refractivity contribution in [2.75, 3.05) is 5.32 Å². The van der Waals surface area contributed by atoms with E-state index in [2.05, 4.69) is 16.1 Å². The van der Waals surface area contributed by atoms with Crippen molar-refractivity contribution in [2.24, 2.45) is 0 Å². The summed E-state index contributed by atoms with van der Waals surface area (Å²) in [7, 11) is -3.87. The van der Waals surface area contributed by atoms with Crippen LogP contribution >= 0.6 is 0 Å². The average Bonchev–Trinajstić information content (AvgIpc) is 3.20. The Morgan fingerprint density at radius 2 is 1.64 bits per heavy atom. The minimum Gasteiger partial charge on any atom is -0.307 e. The number of allylic oxidation sites excluding steroid dienone is 3. The van der Waals surface area contributed by atoms with Gasteiger partial charge in [0, 0.05) is 5.69 Å². The van der Waals surface area contributed by atoms with E-state index < -0.39 is 16.1 Å². The van der Waals surface area contributed by atoms with Gasteiger partial charge in [0.1, 0.15) is 0 Å². The van der Waals surface area contributed by atoms with E-state index in [9.17, 15) is 13.2 Å². The first-order valence-corrected chi connectivity index (χ1v) is 10.2. The molecule has 0 saturated heterocycles. The Morgan fingerprint density at radius 3 is 2.16 bits per heavy atom. The Hall–Kier alpha value is -2.08. The zero-order valence-corrected chi connectivity index (χ0v) is 15.5. The molecule has 25 heavy (non-hydrogen) atoms. The molecule has 134 valence electrons. The van der Waals surface area contributed by atoms with Crippen molar-refractivity contribution in [3.63, 3.8) is 0 Å². The molecule has 6 heteroatoms. The van der Waals surface area contributed by atoms with Gasteiger partial charge in [-0.05, 0) is 80.7 Å². The lowest BCUT2D eigenvalue weighted by Gasteiger charge is -2.16. The van der Waals surface area contributed by atoms with Crippen LogP contribution in [0.15, 0.2) is 29.2 Å². The number of hydrogen-bond donors (Lipinski definition) is 2. The van der Waals surface area contributed by atoms with Gasteiger partial charge in [0.2, 0.25) is 0 Å². The monoisotopic (exact) mass is 360 g/mol. The molecule has 2 aliphatic rings. The number of rotatable bonds is 4. The second-order valence-corrected chi connectivity index (χ2v) is 8.17. The Bertz CT molecular complexity index is 835. The molecule has 0 aliphatic heterocycles. The summed E-state index contributed by atoms with van der Waals surface area (Å²) < 4.78 is 26.8. The second-order valence-electron chi connectivity index (χ2n) is 6.48. The third kappa shape index (κ3) is 3.49. The molecule has 0 heterocycles. The molecule has 0 fully saturated rings. The highest BCUT2D eigenvalue weighted by molar-refractivity contribution is 7.94. The number of benzene rings is 1. The molecule has 3 rings (SSSR count). The largest absolute Gasteiger partial charge is 0.333 e. The van der Waals surface area contributed by atoms with Crippen molar-refractivity contribution in [1.29, 1.82) is 0 Å². The van der Waals surface area contributed by atoms with Crippen molar-refractivity contribution < 1.29 is 13.2 Å². The fourth-order valence-corrected chi connectivity index (χ4v) is 4.83. The summed E-state index contributed by atoms with van der Waals surface area (Å²) in [6.07, 6.45) is 10.6. The minimum atomic E-state index is -3.87. The van der Waals surface area contributed by atoms with Crippen LogP contribution in [0.25, 0.3) is 0 Å². The maximum Gasteiger partial charge on any atom is 0.333 e. The number of sulfonamides is 1. The van der Waals surface area contributed by atoms with E-state index in [1.165, 1.54) is 34.4 Å². The van der Waals surface area contributed by atoms with Crippen LogP contribution < -0.4 is 10.0 Å². The number of anilines is 1. The molecular weight excluding hydrogens is 336 g/mol. The molecule has 0 saturated carbocycles. The zero-order valence-electron chi connectivity index (χ0n) is 14.7. The standard InChI is InChI=1S/C19H24N2O3S/c1-3-7-15(4-2)25(23,24)21-19(22)20-18-16-10-5-8-13(16)12-14-9-6-11-17(14)18/h3-4,7,12H,5-6,8-11H2,1-2H3,(H2,20,21,22)/b7-3-,15-4+. The van der Waals surface area contributed by atoms with Gasteiger partial charge in [0.15, 0.2) is 0 Å². The summed E-state index contributed by atoms with van der Waals surface area (Å²) in [5.41, 5.74) is 5.77.